The summed E-state index contributed by atoms with van der Waals surface area (Å²) in [6.45, 7) is 1.96. The van der Waals surface area contributed by atoms with Crippen molar-refractivity contribution < 1.29 is 9.59 Å². The molecule has 3 aromatic rings. The minimum Gasteiger partial charge on any atom is -0.352 e. The molecule has 1 heterocycles. The van der Waals surface area contributed by atoms with E-state index in [1.807, 2.05) is 35.8 Å². The first kappa shape index (κ1) is 17.8. The Kier molecular flexibility index (Phi) is 5.76. The van der Waals surface area contributed by atoms with E-state index in [-0.39, 0.29) is 11.8 Å². The van der Waals surface area contributed by atoms with Gasteiger partial charge in [0.15, 0.2) is 0 Å². The number of carbonyl (C=O) groups is 2. The van der Waals surface area contributed by atoms with Gasteiger partial charge in [-0.15, -0.1) is 11.3 Å². The number of benzene rings is 2. The molecule has 0 saturated carbocycles. The highest BCUT2D eigenvalue weighted by atomic mass is 32.1. The fourth-order valence-electron chi connectivity index (χ4n) is 2.61. The zero-order chi connectivity index (χ0) is 18.4. The molecule has 1 aromatic heterocycles. The van der Waals surface area contributed by atoms with Gasteiger partial charge in [0.2, 0.25) is 5.91 Å². The van der Waals surface area contributed by atoms with Crippen LogP contribution < -0.4 is 10.6 Å². The predicted molar refractivity (Wildman–Crippen MR) is 104 cm³/mol. The van der Waals surface area contributed by atoms with E-state index in [1.54, 1.807) is 35.6 Å². The van der Waals surface area contributed by atoms with Crippen LogP contribution in [0, 0.1) is 0 Å². The number of nitrogens with one attached hydrogen (secondary N) is 2. The number of nitrogens with zero attached hydrogens (tertiary/aromatic N) is 1. The van der Waals surface area contributed by atoms with Crippen LogP contribution in [0.2, 0.25) is 0 Å². The highest BCUT2D eigenvalue weighted by molar-refractivity contribution is 7.10. The molecule has 0 radical (unpaired) electrons. The Bertz CT molecular complexity index is 906. The molecule has 0 aliphatic rings. The van der Waals surface area contributed by atoms with Crippen LogP contribution in [0.5, 0.6) is 0 Å². The third-order valence-electron chi connectivity index (χ3n) is 3.77. The van der Waals surface area contributed by atoms with Crippen LogP contribution in [0.15, 0.2) is 60.1 Å². The smallest absolute Gasteiger partial charge is 0.251 e. The summed E-state index contributed by atoms with van der Waals surface area (Å²) >= 11 is 1.59. The second-order valence-electron chi connectivity index (χ2n) is 5.76. The van der Waals surface area contributed by atoms with Crippen LogP contribution in [0.25, 0.3) is 11.3 Å². The van der Waals surface area contributed by atoms with Gasteiger partial charge in [-0.3, -0.25) is 9.59 Å². The molecule has 0 bridgehead atoms. The summed E-state index contributed by atoms with van der Waals surface area (Å²) in [5, 5.41) is 5.60. The summed E-state index contributed by atoms with van der Waals surface area (Å²) in [4.78, 5) is 29.0. The van der Waals surface area contributed by atoms with Gasteiger partial charge in [-0.25, -0.2) is 4.98 Å². The van der Waals surface area contributed by atoms with E-state index in [1.165, 1.54) is 6.92 Å². The lowest BCUT2D eigenvalue weighted by atomic mass is 10.1. The molecule has 2 aromatic carbocycles. The second-order valence-corrected chi connectivity index (χ2v) is 6.70. The van der Waals surface area contributed by atoms with Crippen LogP contribution >= 0.6 is 11.3 Å². The molecule has 26 heavy (non-hydrogen) atoms. The maximum atomic E-state index is 12.3. The molecule has 3 rings (SSSR count). The average Bonchev–Trinajstić information content (AvgIpc) is 3.10. The summed E-state index contributed by atoms with van der Waals surface area (Å²) in [6.07, 6.45) is 0.714. The normalized spacial score (nSPS) is 10.3. The van der Waals surface area contributed by atoms with Gasteiger partial charge in [0.05, 0.1) is 11.2 Å². The minimum atomic E-state index is -0.166. The maximum Gasteiger partial charge on any atom is 0.251 e. The van der Waals surface area contributed by atoms with Crippen LogP contribution in [0.3, 0.4) is 0 Å². The van der Waals surface area contributed by atoms with E-state index in [9.17, 15) is 9.59 Å². The number of anilines is 1. The Morgan fingerprint density at radius 3 is 2.65 bits per heavy atom. The van der Waals surface area contributed by atoms with Gasteiger partial charge in [-0.05, 0) is 18.2 Å². The molecule has 0 saturated heterocycles. The highest BCUT2D eigenvalue weighted by Crippen LogP contribution is 2.25. The van der Waals surface area contributed by atoms with E-state index >= 15 is 0 Å². The largest absolute Gasteiger partial charge is 0.352 e. The Balaban J connectivity index is 1.60. The van der Waals surface area contributed by atoms with Crippen molar-refractivity contribution >= 4 is 28.8 Å². The van der Waals surface area contributed by atoms with Crippen molar-refractivity contribution in [3.8, 4) is 11.3 Å². The number of rotatable bonds is 6. The Labute approximate surface area is 156 Å². The minimum absolute atomic E-state index is 0.164. The molecular formula is C20H19N3O2S. The first-order valence-electron chi connectivity index (χ1n) is 8.27. The van der Waals surface area contributed by atoms with Crippen molar-refractivity contribution in [2.24, 2.45) is 0 Å². The van der Waals surface area contributed by atoms with Crippen molar-refractivity contribution in [2.75, 3.05) is 11.9 Å². The van der Waals surface area contributed by atoms with Crippen LogP contribution in [0.4, 0.5) is 5.69 Å². The Morgan fingerprint density at radius 1 is 1.08 bits per heavy atom. The fraction of sp³-hybridized carbons (Fsp3) is 0.150. The van der Waals surface area contributed by atoms with E-state index < -0.39 is 0 Å². The quantitative estimate of drug-likeness (QED) is 0.699. The number of hydrogen-bond donors (Lipinski definition) is 2. The van der Waals surface area contributed by atoms with Gasteiger partial charge in [0.25, 0.3) is 5.91 Å². The van der Waals surface area contributed by atoms with Gasteiger partial charge in [0, 0.05) is 41.6 Å². The Morgan fingerprint density at radius 2 is 1.88 bits per heavy atom. The first-order chi connectivity index (χ1) is 12.6. The second kappa shape index (κ2) is 8.40. The van der Waals surface area contributed by atoms with Gasteiger partial charge in [-0.1, -0.05) is 36.4 Å². The first-order valence-corrected chi connectivity index (χ1v) is 9.15. The summed E-state index contributed by atoms with van der Waals surface area (Å²) < 4.78 is 0. The number of carbonyl (C=O) groups excluding carboxylic acids is 2. The molecule has 0 aliphatic carbocycles. The highest BCUT2D eigenvalue weighted by Gasteiger charge is 2.10. The SMILES string of the molecule is CC(=O)Nc1cccc(C(=O)NCCc2scnc2-c2ccccc2)c1. The van der Waals surface area contributed by atoms with Crippen molar-refractivity contribution in [2.45, 2.75) is 13.3 Å². The standard InChI is InChI=1S/C20H19N3O2S/c1-14(24)23-17-9-5-8-16(12-17)20(25)21-11-10-18-19(22-13-26-18)15-6-3-2-4-7-15/h2-9,12-13H,10-11H2,1H3,(H,21,25)(H,23,24). The molecule has 0 aliphatic heterocycles. The van der Waals surface area contributed by atoms with Crippen molar-refractivity contribution in [1.82, 2.24) is 10.3 Å². The zero-order valence-electron chi connectivity index (χ0n) is 14.4. The van der Waals surface area contributed by atoms with Gasteiger partial charge in [-0.2, -0.15) is 0 Å². The molecule has 0 spiro atoms. The topological polar surface area (TPSA) is 71.1 Å². The number of amides is 2. The lowest BCUT2D eigenvalue weighted by Gasteiger charge is -2.08. The third-order valence-corrected chi connectivity index (χ3v) is 4.66. The molecule has 6 heteroatoms. The van der Waals surface area contributed by atoms with Crippen LogP contribution in [-0.4, -0.2) is 23.3 Å². The molecule has 2 N–H and O–H groups in total. The monoisotopic (exact) mass is 365 g/mol. The molecule has 0 unspecified atom stereocenters. The molecule has 0 atom stereocenters. The average molecular weight is 365 g/mol. The van der Waals surface area contributed by atoms with E-state index in [0.717, 1.165) is 16.1 Å². The van der Waals surface area contributed by atoms with Crippen molar-refractivity contribution in [1.29, 1.82) is 0 Å². The lowest BCUT2D eigenvalue weighted by Crippen LogP contribution is -2.25. The van der Waals surface area contributed by atoms with E-state index in [0.29, 0.717) is 24.2 Å². The molecule has 2 amide bonds. The van der Waals surface area contributed by atoms with Gasteiger partial charge < -0.3 is 10.6 Å². The maximum absolute atomic E-state index is 12.3. The van der Waals surface area contributed by atoms with Gasteiger partial charge >= 0.3 is 0 Å². The molecule has 0 fully saturated rings. The van der Waals surface area contributed by atoms with Gasteiger partial charge in [0.1, 0.15) is 0 Å². The van der Waals surface area contributed by atoms with E-state index in [4.69, 9.17) is 0 Å². The van der Waals surface area contributed by atoms with E-state index in [2.05, 4.69) is 15.6 Å². The predicted octanol–water partition coefficient (Wildman–Crippen LogP) is 3.74. The summed E-state index contributed by atoms with van der Waals surface area (Å²) in [7, 11) is 0. The zero-order valence-corrected chi connectivity index (χ0v) is 15.2. The summed E-state index contributed by atoms with van der Waals surface area (Å²) in [5.74, 6) is -0.329. The number of aromatic nitrogens is 1. The molecular weight excluding hydrogens is 346 g/mol. The lowest BCUT2D eigenvalue weighted by molar-refractivity contribution is -0.114. The van der Waals surface area contributed by atoms with Crippen LogP contribution in [0.1, 0.15) is 22.2 Å². The molecule has 132 valence electrons. The number of thiazole rings is 1. The van der Waals surface area contributed by atoms with Crippen molar-refractivity contribution in [3.63, 3.8) is 0 Å². The Hall–Kier alpha value is -2.99. The fourth-order valence-corrected chi connectivity index (χ4v) is 3.40. The summed E-state index contributed by atoms with van der Waals surface area (Å²) in [5.41, 5.74) is 5.01. The molecule has 5 nitrogen and oxygen atoms in total. The van der Waals surface area contributed by atoms with Crippen molar-refractivity contribution in [3.05, 3.63) is 70.5 Å². The van der Waals surface area contributed by atoms with Crippen LogP contribution in [-0.2, 0) is 11.2 Å². The summed E-state index contributed by atoms with van der Waals surface area (Å²) in [6, 6.07) is 16.9. The third kappa shape index (κ3) is 4.55. The number of hydrogen-bond acceptors (Lipinski definition) is 4.